The van der Waals surface area contributed by atoms with Crippen LogP contribution in [0.25, 0.3) is 0 Å². The Kier molecular flexibility index (Phi) is 3.86. The zero-order valence-electron chi connectivity index (χ0n) is 11.7. The number of rotatable bonds is 3. The molecule has 0 saturated heterocycles. The van der Waals surface area contributed by atoms with Crippen LogP contribution in [0.15, 0.2) is 48.7 Å². The highest BCUT2D eigenvalue weighted by Crippen LogP contribution is 2.20. The average molecular weight is 255 g/mol. The van der Waals surface area contributed by atoms with Crippen molar-refractivity contribution < 1.29 is 0 Å². The van der Waals surface area contributed by atoms with E-state index in [0.29, 0.717) is 0 Å². The van der Waals surface area contributed by atoms with Crippen LogP contribution in [0.3, 0.4) is 0 Å². The van der Waals surface area contributed by atoms with E-state index >= 15 is 0 Å². The first-order valence-corrected chi connectivity index (χ1v) is 6.50. The molecule has 19 heavy (non-hydrogen) atoms. The molecule has 0 fully saturated rings. The van der Waals surface area contributed by atoms with Gasteiger partial charge in [-0.2, -0.15) is 0 Å². The maximum atomic E-state index is 6.23. The summed E-state index contributed by atoms with van der Waals surface area (Å²) < 4.78 is 0. The van der Waals surface area contributed by atoms with Crippen molar-refractivity contribution in [1.29, 1.82) is 0 Å². The van der Waals surface area contributed by atoms with Crippen molar-refractivity contribution in [3.05, 3.63) is 59.8 Å². The predicted octanol–water partition coefficient (Wildman–Crippen LogP) is 3.34. The van der Waals surface area contributed by atoms with E-state index in [2.05, 4.69) is 31.1 Å². The van der Waals surface area contributed by atoms with Gasteiger partial charge in [0.2, 0.25) is 0 Å². The zero-order valence-corrected chi connectivity index (χ0v) is 11.7. The first-order valence-electron chi connectivity index (χ1n) is 6.50. The second-order valence-electron chi connectivity index (χ2n) is 5.74. The van der Waals surface area contributed by atoms with Gasteiger partial charge in [-0.15, -0.1) is 0 Å². The molecule has 0 spiro atoms. The van der Waals surface area contributed by atoms with Crippen LogP contribution in [-0.2, 0) is 0 Å². The summed E-state index contributed by atoms with van der Waals surface area (Å²) in [7, 11) is 0. The molecular weight excluding hydrogens is 234 g/mol. The van der Waals surface area contributed by atoms with Crippen molar-refractivity contribution in [3.8, 4) is 0 Å². The number of anilines is 1. The molecule has 0 amide bonds. The van der Waals surface area contributed by atoms with Gasteiger partial charge in [0.1, 0.15) is 5.82 Å². The average Bonchev–Trinajstić information content (AvgIpc) is 2.38. The predicted molar refractivity (Wildman–Crippen MR) is 80.1 cm³/mol. The van der Waals surface area contributed by atoms with E-state index in [0.717, 1.165) is 16.9 Å². The van der Waals surface area contributed by atoms with Gasteiger partial charge < -0.3 is 11.1 Å². The van der Waals surface area contributed by atoms with Crippen molar-refractivity contribution in [2.75, 3.05) is 5.32 Å². The summed E-state index contributed by atoms with van der Waals surface area (Å²) in [5.41, 5.74) is 8.36. The van der Waals surface area contributed by atoms with Gasteiger partial charge >= 0.3 is 0 Å². The molecule has 1 aromatic carbocycles. The quantitative estimate of drug-likeness (QED) is 0.884. The highest BCUT2D eigenvalue weighted by Gasteiger charge is 2.12. The van der Waals surface area contributed by atoms with Crippen LogP contribution >= 0.6 is 0 Å². The van der Waals surface area contributed by atoms with E-state index in [4.69, 9.17) is 5.73 Å². The molecular formula is C16H21N3. The minimum Gasteiger partial charge on any atom is -0.365 e. The molecule has 1 heterocycles. The summed E-state index contributed by atoms with van der Waals surface area (Å²) in [6.07, 6.45) is 1.84. The van der Waals surface area contributed by atoms with Gasteiger partial charge in [0, 0.05) is 11.7 Å². The van der Waals surface area contributed by atoms with Gasteiger partial charge in [0.25, 0.3) is 0 Å². The Bertz CT molecular complexity index is 512. The number of nitrogens with one attached hydrogen (secondary N) is 1. The van der Waals surface area contributed by atoms with E-state index in [-0.39, 0.29) is 11.6 Å². The summed E-state index contributed by atoms with van der Waals surface area (Å²) in [6, 6.07) is 13.9. The summed E-state index contributed by atoms with van der Waals surface area (Å²) in [6.45, 7) is 6.33. The molecule has 0 aliphatic rings. The van der Waals surface area contributed by atoms with Gasteiger partial charge in [-0.1, -0.05) is 36.4 Å². The van der Waals surface area contributed by atoms with Crippen LogP contribution < -0.4 is 11.1 Å². The molecule has 100 valence electrons. The number of hydrogen-bond acceptors (Lipinski definition) is 3. The second-order valence-corrected chi connectivity index (χ2v) is 5.74. The molecule has 3 heteroatoms. The molecule has 0 bridgehead atoms. The molecule has 0 aliphatic heterocycles. The number of benzene rings is 1. The third-order valence-corrected chi connectivity index (χ3v) is 2.81. The summed E-state index contributed by atoms with van der Waals surface area (Å²) in [4.78, 5) is 4.42. The Morgan fingerprint density at radius 2 is 1.68 bits per heavy atom. The number of nitrogens with two attached hydrogens (primary N) is 1. The van der Waals surface area contributed by atoms with Gasteiger partial charge in [0.05, 0.1) is 6.04 Å². The molecule has 0 saturated carbocycles. The molecule has 2 rings (SSSR count). The third kappa shape index (κ3) is 3.80. The zero-order chi connectivity index (χ0) is 13.9. The summed E-state index contributed by atoms with van der Waals surface area (Å²) in [5.74, 6) is 0.872. The fraction of sp³-hybridized carbons (Fsp3) is 0.312. The SMILES string of the molecule is CC(C)(C)Nc1ccc([C@@H](N)c2ccccc2)cn1. The lowest BCUT2D eigenvalue weighted by atomic mass is 10.0. The lowest BCUT2D eigenvalue weighted by Gasteiger charge is -2.21. The second kappa shape index (κ2) is 5.41. The van der Waals surface area contributed by atoms with Gasteiger partial charge in [-0.25, -0.2) is 4.98 Å². The maximum absolute atomic E-state index is 6.23. The van der Waals surface area contributed by atoms with Crippen LogP contribution in [-0.4, -0.2) is 10.5 Å². The Labute approximate surface area is 114 Å². The number of aromatic nitrogens is 1. The van der Waals surface area contributed by atoms with Crippen LogP contribution in [0, 0.1) is 0 Å². The Hall–Kier alpha value is -1.87. The minimum atomic E-state index is -0.127. The highest BCUT2D eigenvalue weighted by molar-refractivity contribution is 5.40. The number of nitrogens with zero attached hydrogens (tertiary/aromatic N) is 1. The summed E-state index contributed by atoms with van der Waals surface area (Å²) in [5, 5.41) is 3.34. The van der Waals surface area contributed by atoms with E-state index in [1.807, 2.05) is 48.7 Å². The van der Waals surface area contributed by atoms with Gasteiger partial charge in [-0.05, 0) is 38.0 Å². The van der Waals surface area contributed by atoms with Crippen molar-refractivity contribution in [2.24, 2.45) is 5.73 Å². The Balaban J connectivity index is 2.15. The molecule has 0 radical (unpaired) electrons. The van der Waals surface area contributed by atoms with Crippen LogP contribution in [0.2, 0.25) is 0 Å². The Morgan fingerprint density at radius 1 is 1.00 bits per heavy atom. The fourth-order valence-electron chi connectivity index (χ4n) is 1.90. The normalized spacial score (nSPS) is 13.1. The van der Waals surface area contributed by atoms with Gasteiger partial charge in [-0.3, -0.25) is 0 Å². The highest BCUT2D eigenvalue weighted by atomic mass is 15.0. The van der Waals surface area contributed by atoms with E-state index in [9.17, 15) is 0 Å². The van der Waals surface area contributed by atoms with Gasteiger partial charge in [0.15, 0.2) is 0 Å². The molecule has 1 atom stereocenters. The van der Waals surface area contributed by atoms with E-state index in [1.54, 1.807) is 0 Å². The smallest absolute Gasteiger partial charge is 0.126 e. The maximum Gasteiger partial charge on any atom is 0.126 e. The molecule has 2 aromatic rings. The molecule has 0 unspecified atom stereocenters. The topological polar surface area (TPSA) is 50.9 Å². The van der Waals surface area contributed by atoms with E-state index in [1.165, 1.54) is 0 Å². The van der Waals surface area contributed by atoms with Crippen LogP contribution in [0.4, 0.5) is 5.82 Å². The van der Waals surface area contributed by atoms with E-state index < -0.39 is 0 Å². The standard InChI is InChI=1S/C16H21N3/c1-16(2,3)19-14-10-9-13(11-18-14)15(17)12-7-5-4-6-8-12/h4-11,15H,17H2,1-3H3,(H,18,19)/t15-/m0/s1. The van der Waals surface area contributed by atoms with Crippen molar-refractivity contribution in [2.45, 2.75) is 32.4 Å². The molecule has 3 nitrogen and oxygen atoms in total. The van der Waals surface area contributed by atoms with Crippen LogP contribution in [0.1, 0.15) is 37.9 Å². The molecule has 0 aliphatic carbocycles. The summed E-state index contributed by atoms with van der Waals surface area (Å²) >= 11 is 0. The van der Waals surface area contributed by atoms with Crippen molar-refractivity contribution >= 4 is 5.82 Å². The van der Waals surface area contributed by atoms with Crippen LogP contribution in [0.5, 0.6) is 0 Å². The third-order valence-electron chi connectivity index (χ3n) is 2.81. The molecule has 1 aromatic heterocycles. The minimum absolute atomic E-state index is 0.00998. The first-order chi connectivity index (χ1) is 8.96. The first kappa shape index (κ1) is 13.6. The monoisotopic (exact) mass is 255 g/mol. The number of pyridine rings is 1. The number of hydrogen-bond donors (Lipinski definition) is 2. The lowest BCUT2D eigenvalue weighted by molar-refractivity contribution is 0.630. The van der Waals surface area contributed by atoms with Crippen molar-refractivity contribution in [1.82, 2.24) is 4.98 Å². The largest absolute Gasteiger partial charge is 0.365 e. The van der Waals surface area contributed by atoms with Crippen molar-refractivity contribution in [3.63, 3.8) is 0 Å². The molecule has 3 N–H and O–H groups in total. The Morgan fingerprint density at radius 3 is 2.21 bits per heavy atom. The lowest BCUT2D eigenvalue weighted by Crippen LogP contribution is -2.26. The fourth-order valence-corrected chi connectivity index (χ4v) is 1.90.